The van der Waals surface area contributed by atoms with Crippen molar-refractivity contribution in [3.05, 3.63) is 34.7 Å². The number of hydrogen-bond acceptors (Lipinski definition) is 3. The van der Waals surface area contributed by atoms with E-state index in [1.54, 1.807) is 13.4 Å². The van der Waals surface area contributed by atoms with E-state index >= 15 is 0 Å². The monoisotopic (exact) mass is 265 g/mol. The van der Waals surface area contributed by atoms with E-state index in [1.165, 1.54) is 0 Å². The van der Waals surface area contributed by atoms with Crippen LogP contribution >= 0.6 is 11.6 Å². The van der Waals surface area contributed by atoms with Crippen molar-refractivity contribution in [1.82, 2.24) is 15.3 Å². The van der Waals surface area contributed by atoms with Crippen LogP contribution in [0.25, 0.3) is 11.3 Å². The van der Waals surface area contributed by atoms with Gasteiger partial charge in [0.15, 0.2) is 0 Å². The number of aryl methyl sites for hydroxylation is 1. The highest BCUT2D eigenvalue weighted by molar-refractivity contribution is 6.32. The van der Waals surface area contributed by atoms with E-state index in [0.717, 1.165) is 29.1 Å². The Morgan fingerprint density at radius 3 is 2.89 bits per heavy atom. The zero-order valence-electron chi connectivity index (χ0n) is 10.7. The lowest BCUT2D eigenvalue weighted by Gasteiger charge is -2.10. The lowest BCUT2D eigenvalue weighted by molar-refractivity contribution is 0.415. The summed E-state index contributed by atoms with van der Waals surface area (Å²) in [6, 6.07) is 3.82. The number of imidazole rings is 1. The Morgan fingerprint density at radius 2 is 2.22 bits per heavy atom. The minimum absolute atomic E-state index is 0.594. The van der Waals surface area contributed by atoms with E-state index in [0.29, 0.717) is 10.8 Å². The Kier molecular flexibility index (Phi) is 3.89. The Hall–Kier alpha value is -1.52. The fourth-order valence-corrected chi connectivity index (χ4v) is 2.17. The lowest BCUT2D eigenvalue weighted by atomic mass is 10.0. The molecule has 0 radical (unpaired) electrons. The minimum atomic E-state index is 0.594. The zero-order valence-corrected chi connectivity index (χ0v) is 11.4. The maximum atomic E-state index is 6.17. The average molecular weight is 266 g/mol. The molecule has 4 nitrogen and oxygen atoms in total. The quantitative estimate of drug-likeness (QED) is 0.894. The van der Waals surface area contributed by atoms with Crippen molar-refractivity contribution in [2.45, 2.75) is 13.5 Å². The molecule has 0 aliphatic rings. The lowest BCUT2D eigenvalue weighted by Crippen LogP contribution is -2.06. The fourth-order valence-electron chi connectivity index (χ4n) is 1.93. The van der Waals surface area contributed by atoms with Gasteiger partial charge in [-0.3, -0.25) is 0 Å². The number of nitrogens with one attached hydrogen (secondary N) is 2. The second-order valence-electron chi connectivity index (χ2n) is 4.06. The molecule has 1 aromatic heterocycles. The largest absolute Gasteiger partial charge is 0.495 e. The molecule has 0 aliphatic carbocycles. The summed E-state index contributed by atoms with van der Waals surface area (Å²) in [4.78, 5) is 7.50. The summed E-state index contributed by atoms with van der Waals surface area (Å²) in [5, 5.41) is 3.70. The Morgan fingerprint density at radius 1 is 1.44 bits per heavy atom. The maximum Gasteiger partial charge on any atom is 0.137 e. The van der Waals surface area contributed by atoms with Gasteiger partial charge in [0.1, 0.15) is 5.75 Å². The number of hydrogen-bond donors (Lipinski definition) is 2. The van der Waals surface area contributed by atoms with Crippen LogP contribution in [0.5, 0.6) is 5.75 Å². The standard InChI is InChI=1S/C13H16ClN3O/c1-8-4-12(18-3)10(14)5-9(8)13-11(6-15-2)16-7-17-13/h4-5,7,15H,6H2,1-3H3,(H,16,17). The van der Waals surface area contributed by atoms with E-state index in [-0.39, 0.29) is 0 Å². The highest BCUT2D eigenvalue weighted by Crippen LogP contribution is 2.33. The first-order chi connectivity index (χ1) is 8.67. The number of aromatic nitrogens is 2. The number of rotatable bonds is 4. The van der Waals surface area contributed by atoms with Gasteiger partial charge in [-0.05, 0) is 31.7 Å². The number of benzene rings is 1. The molecule has 0 bridgehead atoms. The van der Waals surface area contributed by atoms with E-state index < -0.39 is 0 Å². The van der Waals surface area contributed by atoms with E-state index in [4.69, 9.17) is 16.3 Å². The van der Waals surface area contributed by atoms with Crippen molar-refractivity contribution in [2.24, 2.45) is 0 Å². The second-order valence-corrected chi connectivity index (χ2v) is 4.47. The topological polar surface area (TPSA) is 49.9 Å². The molecule has 0 aliphatic heterocycles. The molecule has 0 atom stereocenters. The van der Waals surface area contributed by atoms with Crippen molar-refractivity contribution in [1.29, 1.82) is 0 Å². The molecule has 2 aromatic rings. The van der Waals surface area contributed by atoms with Crippen LogP contribution in [0.15, 0.2) is 18.5 Å². The molecule has 1 aromatic carbocycles. The molecule has 18 heavy (non-hydrogen) atoms. The molecule has 0 unspecified atom stereocenters. The smallest absolute Gasteiger partial charge is 0.137 e. The molecule has 1 heterocycles. The molecule has 0 saturated heterocycles. The van der Waals surface area contributed by atoms with Crippen LogP contribution in [-0.2, 0) is 6.54 Å². The highest BCUT2D eigenvalue weighted by Gasteiger charge is 2.13. The molecule has 0 spiro atoms. The van der Waals surface area contributed by atoms with Crippen LogP contribution in [0.4, 0.5) is 0 Å². The van der Waals surface area contributed by atoms with E-state index in [2.05, 4.69) is 15.3 Å². The molecule has 0 saturated carbocycles. The van der Waals surface area contributed by atoms with Gasteiger partial charge in [0.25, 0.3) is 0 Å². The van der Waals surface area contributed by atoms with Crippen LogP contribution in [-0.4, -0.2) is 24.1 Å². The van der Waals surface area contributed by atoms with Gasteiger partial charge >= 0.3 is 0 Å². The summed E-state index contributed by atoms with van der Waals surface area (Å²) in [6.45, 7) is 2.75. The van der Waals surface area contributed by atoms with Crippen LogP contribution < -0.4 is 10.1 Å². The Bertz CT molecular complexity index is 551. The van der Waals surface area contributed by atoms with E-state index in [9.17, 15) is 0 Å². The van der Waals surface area contributed by atoms with Crippen molar-refractivity contribution in [3.8, 4) is 17.0 Å². The van der Waals surface area contributed by atoms with Gasteiger partial charge in [-0.2, -0.15) is 0 Å². The summed E-state index contributed by atoms with van der Waals surface area (Å²) in [6.07, 6.45) is 1.69. The summed E-state index contributed by atoms with van der Waals surface area (Å²) < 4.78 is 5.20. The summed E-state index contributed by atoms with van der Waals surface area (Å²) in [5.41, 5.74) is 4.07. The average Bonchev–Trinajstić information content (AvgIpc) is 2.80. The molecule has 96 valence electrons. The first kappa shape index (κ1) is 12.9. The molecular formula is C13H16ClN3O. The number of halogens is 1. The van der Waals surface area contributed by atoms with Crippen molar-refractivity contribution < 1.29 is 4.74 Å². The molecule has 2 rings (SSSR count). The van der Waals surface area contributed by atoms with Crippen molar-refractivity contribution in [2.75, 3.05) is 14.2 Å². The molecule has 0 fully saturated rings. The Labute approximate surface area is 111 Å². The van der Waals surface area contributed by atoms with Crippen molar-refractivity contribution in [3.63, 3.8) is 0 Å². The number of aromatic amines is 1. The first-order valence-corrected chi connectivity index (χ1v) is 6.06. The highest BCUT2D eigenvalue weighted by atomic mass is 35.5. The molecule has 5 heteroatoms. The number of H-pyrrole nitrogens is 1. The summed E-state index contributed by atoms with van der Waals surface area (Å²) in [7, 11) is 3.51. The van der Waals surface area contributed by atoms with Crippen LogP contribution in [0.2, 0.25) is 5.02 Å². The summed E-state index contributed by atoms with van der Waals surface area (Å²) >= 11 is 6.17. The number of ether oxygens (including phenoxy) is 1. The molecular weight excluding hydrogens is 250 g/mol. The van der Waals surface area contributed by atoms with Gasteiger partial charge in [-0.15, -0.1) is 0 Å². The van der Waals surface area contributed by atoms with Gasteiger partial charge in [0.2, 0.25) is 0 Å². The van der Waals surface area contributed by atoms with Gasteiger partial charge in [0, 0.05) is 12.1 Å². The third kappa shape index (κ3) is 2.35. The third-order valence-corrected chi connectivity index (χ3v) is 3.12. The fraction of sp³-hybridized carbons (Fsp3) is 0.308. The van der Waals surface area contributed by atoms with Gasteiger partial charge < -0.3 is 15.0 Å². The minimum Gasteiger partial charge on any atom is -0.495 e. The van der Waals surface area contributed by atoms with Crippen molar-refractivity contribution >= 4 is 11.6 Å². The van der Waals surface area contributed by atoms with Crippen LogP contribution in [0.1, 0.15) is 11.3 Å². The van der Waals surface area contributed by atoms with E-state index in [1.807, 2.05) is 26.1 Å². The van der Waals surface area contributed by atoms with Gasteiger partial charge in [-0.25, -0.2) is 4.98 Å². The molecule has 0 amide bonds. The molecule has 2 N–H and O–H groups in total. The SMILES string of the molecule is CNCc1[nH]cnc1-c1cc(Cl)c(OC)cc1C. The number of methoxy groups -OCH3 is 1. The zero-order chi connectivity index (χ0) is 13.1. The predicted molar refractivity (Wildman–Crippen MR) is 73.1 cm³/mol. The van der Waals surface area contributed by atoms with Gasteiger partial charge in [-0.1, -0.05) is 11.6 Å². The van der Waals surface area contributed by atoms with Gasteiger partial charge in [0.05, 0.1) is 29.8 Å². The summed E-state index contributed by atoms with van der Waals surface area (Å²) in [5.74, 6) is 0.684. The normalized spacial score (nSPS) is 10.7. The third-order valence-electron chi connectivity index (χ3n) is 2.83. The number of nitrogens with zero attached hydrogens (tertiary/aromatic N) is 1. The predicted octanol–water partition coefficient (Wildman–Crippen LogP) is 2.77. The first-order valence-electron chi connectivity index (χ1n) is 5.68. The Balaban J connectivity index is 2.50. The van der Waals surface area contributed by atoms with Crippen LogP contribution in [0.3, 0.4) is 0 Å². The maximum absolute atomic E-state index is 6.17. The second kappa shape index (κ2) is 5.42. The van der Waals surface area contributed by atoms with Crippen LogP contribution in [0, 0.1) is 6.92 Å².